The van der Waals surface area contributed by atoms with Crippen molar-refractivity contribution in [1.82, 2.24) is 30.0 Å². The maximum absolute atomic E-state index is 13.5. The fourth-order valence-corrected chi connectivity index (χ4v) is 2.48. The van der Waals surface area contributed by atoms with Crippen LogP contribution in [0.3, 0.4) is 0 Å². The molecule has 1 aromatic carbocycles. The van der Waals surface area contributed by atoms with Gasteiger partial charge in [0.05, 0.1) is 16.2 Å². The van der Waals surface area contributed by atoms with Crippen molar-refractivity contribution in [1.29, 1.82) is 0 Å². The minimum Gasteiger partial charge on any atom is -0.328 e. The highest BCUT2D eigenvalue weighted by Gasteiger charge is 2.18. The number of hydrogen-bond donors (Lipinski definition) is 2. The molecule has 128 valence electrons. The summed E-state index contributed by atoms with van der Waals surface area (Å²) in [6.45, 7) is 1.74. The van der Waals surface area contributed by atoms with Crippen LogP contribution in [-0.2, 0) is 0 Å². The maximum atomic E-state index is 13.5. The monoisotopic (exact) mass is 405 g/mol. The summed E-state index contributed by atoms with van der Waals surface area (Å²) in [5, 5.41) is 9.37. The van der Waals surface area contributed by atoms with Crippen LogP contribution in [-0.4, -0.2) is 30.8 Å². The van der Waals surface area contributed by atoms with Gasteiger partial charge in [0.15, 0.2) is 5.82 Å². The van der Waals surface area contributed by atoms with Gasteiger partial charge < -0.3 is 10.6 Å². The van der Waals surface area contributed by atoms with Crippen LogP contribution in [0.15, 0.2) is 47.5 Å². The molecule has 2 heterocycles. The van der Waals surface area contributed by atoms with E-state index in [1.54, 1.807) is 31.5 Å². The Hall–Kier alpha value is -2.88. The molecule has 0 aliphatic carbocycles. The molecule has 2 N–H and O–H groups in total. The molecule has 0 spiro atoms. The lowest BCUT2D eigenvalue weighted by molar-refractivity contribution is 0.248. The van der Waals surface area contributed by atoms with Crippen LogP contribution in [0.4, 0.5) is 14.9 Å². The molecular weight excluding hydrogens is 393 g/mol. The van der Waals surface area contributed by atoms with Gasteiger partial charge in [-0.1, -0.05) is 6.07 Å². The first-order valence-electron chi connectivity index (χ1n) is 7.25. The smallest absolute Gasteiger partial charge is 0.319 e. The Morgan fingerprint density at radius 3 is 2.76 bits per heavy atom. The summed E-state index contributed by atoms with van der Waals surface area (Å²) in [7, 11) is 0. The van der Waals surface area contributed by atoms with Crippen molar-refractivity contribution in [2.75, 3.05) is 5.32 Å². The third kappa shape index (κ3) is 3.79. The zero-order chi connectivity index (χ0) is 17.8. The van der Waals surface area contributed by atoms with Crippen molar-refractivity contribution < 1.29 is 9.18 Å². The Labute approximate surface area is 150 Å². The van der Waals surface area contributed by atoms with E-state index in [4.69, 9.17) is 0 Å². The Bertz CT molecular complexity index is 887. The fourth-order valence-electron chi connectivity index (χ4n) is 2.12. The summed E-state index contributed by atoms with van der Waals surface area (Å²) in [6.07, 6.45) is 4.52. The predicted molar refractivity (Wildman–Crippen MR) is 91.6 cm³/mol. The molecule has 0 aliphatic heterocycles. The Morgan fingerprint density at radius 2 is 2.00 bits per heavy atom. The molecular formula is C15H13BrFN7O. The van der Waals surface area contributed by atoms with E-state index in [-0.39, 0.29) is 4.47 Å². The molecule has 2 amide bonds. The van der Waals surface area contributed by atoms with Gasteiger partial charge in [0, 0.05) is 12.4 Å². The third-order valence-electron chi connectivity index (χ3n) is 3.25. The molecule has 3 rings (SSSR count). The zero-order valence-corrected chi connectivity index (χ0v) is 14.6. The molecule has 0 aliphatic rings. The average molecular weight is 406 g/mol. The normalized spacial score (nSPS) is 11.8. The average Bonchev–Trinajstić information content (AvgIpc) is 3.09. The second kappa shape index (κ2) is 7.34. The van der Waals surface area contributed by atoms with E-state index in [0.29, 0.717) is 17.5 Å². The molecule has 1 unspecified atom stereocenters. The number of rotatable bonds is 4. The summed E-state index contributed by atoms with van der Waals surface area (Å²) in [4.78, 5) is 24.5. The first-order chi connectivity index (χ1) is 12.1. The van der Waals surface area contributed by atoms with E-state index in [9.17, 15) is 9.18 Å². The van der Waals surface area contributed by atoms with E-state index < -0.39 is 17.9 Å². The van der Waals surface area contributed by atoms with Crippen LogP contribution >= 0.6 is 15.9 Å². The summed E-state index contributed by atoms with van der Waals surface area (Å²) in [5.74, 6) is 0.336. The molecule has 2 aromatic heterocycles. The Balaban J connectivity index is 1.73. The lowest BCUT2D eigenvalue weighted by atomic mass is 10.3. The minimum atomic E-state index is -0.512. The van der Waals surface area contributed by atoms with Crippen molar-refractivity contribution in [2.24, 2.45) is 0 Å². The van der Waals surface area contributed by atoms with Crippen molar-refractivity contribution >= 4 is 27.6 Å². The molecule has 3 aromatic rings. The van der Waals surface area contributed by atoms with Gasteiger partial charge in [0.25, 0.3) is 5.95 Å². The van der Waals surface area contributed by atoms with Crippen molar-refractivity contribution in [3.8, 4) is 5.95 Å². The van der Waals surface area contributed by atoms with E-state index in [0.717, 1.165) is 0 Å². The number of hydrogen-bond acceptors (Lipinski definition) is 5. The summed E-state index contributed by atoms with van der Waals surface area (Å²) in [6, 6.07) is 5.06. The van der Waals surface area contributed by atoms with Gasteiger partial charge in [-0.15, -0.1) is 0 Å². The van der Waals surface area contributed by atoms with Crippen molar-refractivity contribution in [2.45, 2.75) is 13.0 Å². The predicted octanol–water partition coefficient (Wildman–Crippen LogP) is 2.84. The number of nitrogens with zero attached hydrogens (tertiary/aromatic N) is 5. The van der Waals surface area contributed by atoms with Gasteiger partial charge in [-0.2, -0.15) is 9.78 Å². The summed E-state index contributed by atoms with van der Waals surface area (Å²) < 4.78 is 15.1. The quantitative estimate of drug-likeness (QED) is 0.695. The number of aromatic nitrogens is 5. The lowest BCUT2D eigenvalue weighted by Gasteiger charge is -2.15. The SMILES string of the molecule is CC(NC(=O)Nc1cccc(F)c1Br)c1ncnn1-c1ncccn1. The van der Waals surface area contributed by atoms with Crippen LogP contribution in [0.1, 0.15) is 18.8 Å². The maximum Gasteiger partial charge on any atom is 0.319 e. The number of benzene rings is 1. The van der Waals surface area contributed by atoms with Crippen LogP contribution in [0, 0.1) is 5.82 Å². The molecule has 25 heavy (non-hydrogen) atoms. The number of urea groups is 1. The highest BCUT2D eigenvalue weighted by molar-refractivity contribution is 9.10. The van der Waals surface area contributed by atoms with Gasteiger partial charge in [-0.05, 0) is 41.1 Å². The van der Waals surface area contributed by atoms with Crippen LogP contribution in [0.2, 0.25) is 0 Å². The molecule has 1 atom stereocenters. The number of carbonyl (C=O) groups excluding carboxylic acids is 1. The molecule has 8 nitrogen and oxygen atoms in total. The van der Waals surface area contributed by atoms with Gasteiger partial charge in [0.2, 0.25) is 0 Å². The van der Waals surface area contributed by atoms with Crippen molar-refractivity contribution in [3.63, 3.8) is 0 Å². The molecule has 0 saturated heterocycles. The van der Waals surface area contributed by atoms with Gasteiger partial charge in [-0.25, -0.2) is 24.1 Å². The first kappa shape index (κ1) is 17.0. The van der Waals surface area contributed by atoms with E-state index >= 15 is 0 Å². The summed E-state index contributed by atoms with van der Waals surface area (Å²) in [5.41, 5.74) is 0.317. The molecule has 0 radical (unpaired) electrons. The standard InChI is InChI=1S/C15H13BrFN7O/c1-9(13-20-8-21-24(13)14-18-6-3-7-19-14)22-15(25)23-11-5-2-4-10(17)12(11)16/h2-9H,1H3,(H2,22,23,25). The van der Waals surface area contributed by atoms with Crippen LogP contribution in [0.5, 0.6) is 0 Å². The van der Waals surface area contributed by atoms with E-state index in [2.05, 4.69) is 46.6 Å². The summed E-state index contributed by atoms with van der Waals surface area (Å²) >= 11 is 3.10. The zero-order valence-electron chi connectivity index (χ0n) is 13.0. The van der Waals surface area contributed by atoms with E-state index in [1.807, 2.05) is 0 Å². The number of nitrogens with one attached hydrogen (secondary N) is 2. The number of carbonyl (C=O) groups is 1. The first-order valence-corrected chi connectivity index (χ1v) is 8.04. The number of anilines is 1. The largest absolute Gasteiger partial charge is 0.328 e. The second-order valence-electron chi connectivity index (χ2n) is 5.00. The Kier molecular flexibility index (Phi) is 4.98. The highest BCUT2D eigenvalue weighted by Crippen LogP contribution is 2.25. The second-order valence-corrected chi connectivity index (χ2v) is 5.79. The third-order valence-corrected chi connectivity index (χ3v) is 4.06. The van der Waals surface area contributed by atoms with Gasteiger partial charge in [-0.3, -0.25) is 0 Å². The van der Waals surface area contributed by atoms with Crippen LogP contribution < -0.4 is 10.6 Å². The minimum absolute atomic E-state index is 0.179. The lowest BCUT2D eigenvalue weighted by Crippen LogP contribution is -2.32. The number of halogens is 2. The van der Waals surface area contributed by atoms with Crippen molar-refractivity contribution in [3.05, 3.63) is 59.1 Å². The van der Waals surface area contributed by atoms with E-state index in [1.165, 1.54) is 23.1 Å². The molecule has 0 bridgehead atoms. The number of amides is 2. The topological polar surface area (TPSA) is 97.6 Å². The Morgan fingerprint density at radius 1 is 1.24 bits per heavy atom. The van der Waals surface area contributed by atoms with Crippen LogP contribution in [0.25, 0.3) is 5.95 Å². The molecule has 10 heteroatoms. The van der Waals surface area contributed by atoms with Gasteiger partial charge >= 0.3 is 6.03 Å². The van der Waals surface area contributed by atoms with Gasteiger partial charge in [0.1, 0.15) is 12.1 Å². The fraction of sp³-hybridized carbons (Fsp3) is 0.133. The highest BCUT2D eigenvalue weighted by atomic mass is 79.9. The molecule has 0 saturated carbocycles. The molecule has 0 fully saturated rings.